The lowest BCUT2D eigenvalue weighted by molar-refractivity contribution is -0.137. The molecule has 2 nitrogen and oxygen atoms in total. The van der Waals surface area contributed by atoms with E-state index < -0.39 is 0 Å². The van der Waals surface area contributed by atoms with Gasteiger partial charge < -0.3 is 4.90 Å². The van der Waals surface area contributed by atoms with Gasteiger partial charge in [-0.2, -0.15) is 0 Å². The van der Waals surface area contributed by atoms with Crippen molar-refractivity contribution >= 4 is 5.91 Å². The number of rotatable bonds is 2. The average Bonchev–Trinajstić information content (AvgIpc) is 2.77. The number of hydrogen-bond acceptors (Lipinski definition) is 1. The molecule has 0 bridgehead atoms. The third-order valence-electron chi connectivity index (χ3n) is 4.23. The van der Waals surface area contributed by atoms with Gasteiger partial charge in [0.15, 0.2) is 0 Å². The fraction of sp³-hybridized carbons (Fsp3) is 0.533. The molecule has 0 N–H and O–H groups in total. The Bertz CT molecular complexity index is 397. The number of carbonyl (C=O) groups excluding carboxylic acids is 1. The van der Waals surface area contributed by atoms with Crippen LogP contribution in [-0.4, -0.2) is 23.9 Å². The molecular weight excluding hydrogens is 210 g/mol. The van der Waals surface area contributed by atoms with Gasteiger partial charge in [-0.15, -0.1) is 0 Å². The minimum atomic E-state index is 0.351. The smallest absolute Gasteiger partial charge is 0.225 e. The van der Waals surface area contributed by atoms with Gasteiger partial charge in [-0.25, -0.2) is 0 Å². The Labute approximate surface area is 103 Å². The molecule has 1 saturated heterocycles. The van der Waals surface area contributed by atoms with Gasteiger partial charge in [-0.05, 0) is 24.8 Å². The fourth-order valence-electron chi connectivity index (χ4n) is 2.87. The Morgan fingerprint density at radius 2 is 1.88 bits per heavy atom. The molecule has 1 aliphatic heterocycles. The topological polar surface area (TPSA) is 20.3 Å². The zero-order chi connectivity index (χ0) is 11.7. The van der Waals surface area contributed by atoms with Crippen molar-refractivity contribution in [2.24, 2.45) is 5.92 Å². The molecule has 0 spiro atoms. The highest BCUT2D eigenvalue weighted by Crippen LogP contribution is 2.32. The first-order valence-electron chi connectivity index (χ1n) is 6.68. The predicted octanol–water partition coefficient (Wildman–Crippen LogP) is 2.80. The highest BCUT2D eigenvalue weighted by atomic mass is 16.2. The van der Waals surface area contributed by atoms with Crippen molar-refractivity contribution in [1.29, 1.82) is 0 Å². The van der Waals surface area contributed by atoms with Crippen LogP contribution in [0.3, 0.4) is 0 Å². The minimum Gasteiger partial charge on any atom is -0.342 e. The Balaban J connectivity index is 1.63. The Kier molecular flexibility index (Phi) is 2.87. The molecule has 1 saturated carbocycles. The summed E-state index contributed by atoms with van der Waals surface area (Å²) in [6.45, 7) is 1.88. The van der Waals surface area contributed by atoms with Crippen molar-refractivity contribution in [3.63, 3.8) is 0 Å². The molecule has 2 aliphatic rings. The molecular formula is C15H19NO. The lowest BCUT2D eigenvalue weighted by atomic mass is 9.84. The van der Waals surface area contributed by atoms with Crippen LogP contribution >= 0.6 is 0 Å². The monoisotopic (exact) mass is 229 g/mol. The van der Waals surface area contributed by atoms with Gasteiger partial charge in [0.1, 0.15) is 0 Å². The maximum absolute atomic E-state index is 12.1. The van der Waals surface area contributed by atoms with E-state index in [1.165, 1.54) is 12.0 Å². The van der Waals surface area contributed by atoms with Crippen molar-refractivity contribution < 1.29 is 4.79 Å². The second-order valence-corrected chi connectivity index (χ2v) is 5.31. The van der Waals surface area contributed by atoms with Gasteiger partial charge in [0.2, 0.25) is 5.91 Å². The lowest BCUT2D eigenvalue weighted by Crippen LogP contribution is -2.37. The summed E-state index contributed by atoms with van der Waals surface area (Å²) in [5, 5.41) is 0. The van der Waals surface area contributed by atoms with Gasteiger partial charge in [0, 0.05) is 24.9 Å². The quantitative estimate of drug-likeness (QED) is 0.763. The van der Waals surface area contributed by atoms with Crippen molar-refractivity contribution in [2.75, 3.05) is 13.1 Å². The normalized spacial score (nSPS) is 24.7. The standard InChI is InChI=1S/C15H19NO/c17-15(13-7-4-8-13)16-10-9-14(11-16)12-5-2-1-3-6-12/h1-3,5-6,13-14H,4,7-11H2/t14-/m1/s1. The minimum absolute atomic E-state index is 0.351. The van der Waals surface area contributed by atoms with Crippen LogP contribution in [0.4, 0.5) is 0 Å². The highest BCUT2D eigenvalue weighted by Gasteiger charge is 2.33. The zero-order valence-corrected chi connectivity index (χ0v) is 10.1. The molecule has 1 aliphatic carbocycles. The van der Waals surface area contributed by atoms with E-state index in [2.05, 4.69) is 35.2 Å². The van der Waals surface area contributed by atoms with Crippen LogP contribution in [0, 0.1) is 5.92 Å². The molecule has 0 unspecified atom stereocenters. The van der Waals surface area contributed by atoms with Gasteiger partial charge in [-0.1, -0.05) is 36.8 Å². The molecule has 1 atom stereocenters. The Morgan fingerprint density at radius 3 is 2.53 bits per heavy atom. The van der Waals surface area contributed by atoms with Crippen molar-refractivity contribution in [2.45, 2.75) is 31.6 Å². The number of likely N-dealkylation sites (tertiary alicyclic amines) is 1. The van der Waals surface area contributed by atoms with E-state index >= 15 is 0 Å². The molecule has 3 rings (SSSR count). The summed E-state index contributed by atoms with van der Waals surface area (Å²) in [6.07, 6.45) is 4.60. The van der Waals surface area contributed by atoms with Crippen molar-refractivity contribution in [3.8, 4) is 0 Å². The lowest BCUT2D eigenvalue weighted by Gasteiger charge is -2.29. The number of nitrogens with zero attached hydrogens (tertiary/aromatic N) is 1. The summed E-state index contributed by atoms with van der Waals surface area (Å²) in [7, 11) is 0. The fourth-order valence-corrected chi connectivity index (χ4v) is 2.87. The maximum atomic E-state index is 12.1. The van der Waals surface area contributed by atoms with Crippen LogP contribution in [0.15, 0.2) is 30.3 Å². The molecule has 1 heterocycles. The Hall–Kier alpha value is -1.31. The molecule has 1 amide bonds. The number of carbonyl (C=O) groups is 1. The second kappa shape index (κ2) is 4.52. The molecule has 2 fully saturated rings. The number of amides is 1. The van der Waals surface area contributed by atoms with E-state index in [4.69, 9.17) is 0 Å². The van der Waals surface area contributed by atoms with E-state index in [9.17, 15) is 4.79 Å². The molecule has 1 aromatic carbocycles. The maximum Gasteiger partial charge on any atom is 0.225 e. The van der Waals surface area contributed by atoms with Gasteiger partial charge in [-0.3, -0.25) is 4.79 Å². The molecule has 1 aromatic rings. The summed E-state index contributed by atoms with van der Waals surface area (Å²) in [6, 6.07) is 10.6. The summed E-state index contributed by atoms with van der Waals surface area (Å²) in [5.74, 6) is 1.32. The van der Waals surface area contributed by atoms with Gasteiger partial charge in [0.05, 0.1) is 0 Å². The van der Waals surface area contributed by atoms with E-state index in [1.54, 1.807) is 0 Å². The van der Waals surface area contributed by atoms with E-state index in [0.717, 1.165) is 32.4 Å². The first kappa shape index (κ1) is 10.8. The van der Waals surface area contributed by atoms with E-state index in [-0.39, 0.29) is 0 Å². The third-order valence-corrected chi connectivity index (χ3v) is 4.23. The predicted molar refractivity (Wildman–Crippen MR) is 67.7 cm³/mol. The molecule has 0 radical (unpaired) electrons. The van der Waals surface area contributed by atoms with Gasteiger partial charge >= 0.3 is 0 Å². The van der Waals surface area contributed by atoms with E-state index in [1.807, 2.05) is 0 Å². The van der Waals surface area contributed by atoms with Crippen LogP contribution in [0.5, 0.6) is 0 Å². The first-order chi connectivity index (χ1) is 8.34. The van der Waals surface area contributed by atoms with Crippen molar-refractivity contribution in [1.82, 2.24) is 4.90 Å². The Morgan fingerprint density at radius 1 is 1.12 bits per heavy atom. The van der Waals surface area contributed by atoms with E-state index in [0.29, 0.717) is 17.7 Å². The average molecular weight is 229 g/mol. The summed E-state index contributed by atoms with van der Waals surface area (Å²) >= 11 is 0. The summed E-state index contributed by atoms with van der Waals surface area (Å²) in [5.41, 5.74) is 1.39. The van der Waals surface area contributed by atoms with Crippen LogP contribution in [0.2, 0.25) is 0 Å². The zero-order valence-electron chi connectivity index (χ0n) is 10.1. The summed E-state index contributed by atoms with van der Waals surface area (Å²) < 4.78 is 0. The molecule has 2 heteroatoms. The molecule has 90 valence electrons. The third kappa shape index (κ3) is 2.08. The molecule has 0 aromatic heterocycles. The highest BCUT2D eigenvalue weighted by molar-refractivity contribution is 5.80. The van der Waals surface area contributed by atoms with Crippen molar-refractivity contribution in [3.05, 3.63) is 35.9 Å². The SMILES string of the molecule is O=C(C1CCC1)N1CC[C@@H](c2ccccc2)C1. The van der Waals surface area contributed by atoms with Crippen LogP contribution < -0.4 is 0 Å². The second-order valence-electron chi connectivity index (χ2n) is 5.31. The van der Waals surface area contributed by atoms with Crippen LogP contribution in [0.25, 0.3) is 0 Å². The van der Waals surface area contributed by atoms with Crippen LogP contribution in [0.1, 0.15) is 37.2 Å². The van der Waals surface area contributed by atoms with Crippen LogP contribution in [-0.2, 0) is 4.79 Å². The number of hydrogen-bond donors (Lipinski definition) is 0. The molecule has 17 heavy (non-hydrogen) atoms. The number of benzene rings is 1. The first-order valence-corrected chi connectivity index (χ1v) is 6.68. The largest absolute Gasteiger partial charge is 0.342 e. The van der Waals surface area contributed by atoms with Gasteiger partial charge in [0.25, 0.3) is 0 Å². The summed E-state index contributed by atoms with van der Waals surface area (Å²) in [4.78, 5) is 14.2.